The van der Waals surface area contributed by atoms with E-state index in [1.807, 2.05) is 0 Å². The van der Waals surface area contributed by atoms with Crippen LogP contribution in [0.2, 0.25) is 0 Å². The van der Waals surface area contributed by atoms with E-state index in [1.165, 1.54) is 20.8 Å². The highest BCUT2D eigenvalue weighted by atomic mass is 19.2. The van der Waals surface area contributed by atoms with Crippen LogP contribution >= 0.6 is 0 Å². The fraction of sp³-hybridized carbons (Fsp3) is 0.385. The van der Waals surface area contributed by atoms with Gasteiger partial charge in [-0.05, 0) is 12.1 Å². The summed E-state index contributed by atoms with van der Waals surface area (Å²) in [6.45, 7) is 4.32. The van der Waals surface area contributed by atoms with Crippen LogP contribution in [0.5, 0.6) is 0 Å². The Morgan fingerprint density at radius 1 is 1.17 bits per heavy atom. The van der Waals surface area contributed by atoms with Crippen molar-refractivity contribution in [1.29, 1.82) is 0 Å². The van der Waals surface area contributed by atoms with Crippen LogP contribution in [0.3, 0.4) is 0 Å². The molecule has 0 aliphatic rings. The van der Waals surface area contributed by atoms with Gasteiger partial charge in [0.1, 0.15) is 0 Å². The van der Waals surface area contributed by atoms with E-state index in [-0.39, 0.29) is 0 Å². The number of halogens is 3. The van der Waals surface area contributed by atoms with Gasteiger partial charge in [-0.25, -0.2) is 13.2 Å². The van der Waals surface area contributed by atoms with Crippen molar-refractivity contribution < 1.29 is 22.8 Å². The molecule has 5 heteroatoms. The number of carbonyl (C=O) groups excluding carboxylic acids is 2. The Morgan fingerprint density at radius 3 is 2.22 bits per heavy atom. The molecule has 1 atom stereocenters. The van der Waals surface area contributed by atoms with Gasteiger partial charge in [-0.15, -0.1) is 0 Å². The van der Waals surface area contributed by atoms with Crippen molar-refractivity contribution in [3.8, 4) is 0 Å². The van der Waals surface area contributed by atoms with E-state index >= 15 is 0 Å². The van der Waals surface area contributed by atoms with Gasteiger partial charge < -0.3 is 0 Å². The number of hydrogen-bond donors (Lipinski definition) is 0. The predicted molar refractivity (Wildman–Crippen MR) is 60.0 cm³/mol. The van der Waals surface area contributed by atoms with E-state index in [4.69, 9.17) is 0 Å². The van der Waals surface area contributed by atoms with E-state index in [0.29, 0.717) is 0 Å². The summed E-state index contributed by atoms with van der Waals surface area (Å²) in [5.41, 5.74) is -1.82. The van der Waals surface area contributed by atoms with Crippen LogP contribution in [0.1, 0.15) is 31.1 Å². The largest absolute Gasteiger partial charge is 0.295 e. The second-order valence-corrected chi connectivity index (χ2v) is 4.94. The summed E-state index contributed by atoms with van der Waals surface area (Å²) in [6, 6.07) is 2.84. The molecule has 0 spiro atoms. The summed E-state index contributed by atoms with van der Waals surface area (Å²) >= 11 is 0. The molecule has 2 nitrogen and oxygen atoms in total. The lowest BCUT2D eigenvalue weighted by molar-refractivity contribution is -0.129. The van der Waals surface area contributed by atoms with E-state index in [2.05, 4.69) is 0 Å². The van der Waals surface area contributed by atoms with Crippen molar-refractivity contribution in [1.82, 2.24) is 0 Å². The SMILES string of the molecule is CC(C)(C)C(=O)C(F)C(=O)c1cccc(F)c1F. The van der Waals surface area contributed by atoms with Crippen LogP contribution < -0.4 is 0 Å². The maximum Gasteiger partial charge on any atom is 0.221 e. The van der Waals surface area contributed by atoms with Gasteiger partial charge in [-0.1, -0.05) is 26.8 Å². The van der Waals surface area contributed by atoms with Crippen molar-refractivity contribution in [2.45, 2.75) is 26.9 Å². The number of ketones is 2. The van der Waals surface area contributed by atoms with E-state index < -0.39 is 40.4 Å². The summed E-state index contributed by atoms with van der Waals surface area (Å²) in [4.78, 5) is 23.2. The topological polar surface area (TPSA) is 34.1 Å². The van der Waals surface area contributed by atoms with Gasteiger partial charge in [0.05, 0.1) is 5.56 Å². The van der Waals surface area contributed by atoms with Gasteiger partial charge in [0, 0.05) is 5.41 Å². The van der Waals surface area contributed by atoms with Crippen LogP contribution in [0.15, 0.2) is 18.2 Å². The van der Waals surface area contributed by atoms with Crippen LogP contribution in [0.4, 0.5) is 13.2 Å². The van der Waals surface area contributed by atoms with E-state index in [9.17, 15) is 22.8 Å². The molecule has 1 unspecified atom stereocenters. The molecule has 18 heavy (non-hydrogen) atoms. The number of Topliss-reactive ketones (excluding diaryl/α,β-unsaturated/α-hetero) is 2. The van der Waals surface area contributed by atoms with Gasteiger partial charge in [0.15, 0.2) is 17.4 Å². The number of alkyl halides is 1. The minimum atomic E-state index is -2.48. The third-order valence-corrected chi connectivity index (χ3v) is 2.42. The summed E-state index contributed by atoms with van der Waals surface area (Å²) in [5, 5.41) is 0. The van der Waals surface area contributed by atoms with Crippen molar-refractivity contribution in [2.75, 3.05) is 0 Å². The number of hydrogen-bond acceptors (Lipinski definition) is 2. The van der Waals surface area contributed by atoms with Gasteiger partial charge in [0.2, 0.25) is 12.0 Å². The Bertz CT molecular complexity index is 489. The van der Waals surface area contributed by atoms with Crippen LogP contribution in [0.25, 0.3) is 0 Å². The quantitative estimate of drug-likeness (QED) is 0.616. The Morgan fingerprint density at radius 2 is 1.72 bits per heavy atom. The monoisotopic (exact) mass is 258 g/mol. The molecule has 0 saturated carbocycles. The third kappa shape index (κ3) is 2.78. The maximum atomic E-state index is 13.7. The van der Waals surface area contributed by atoms with Gasteiger partial charge in [-0.2, -0.15) is 0 Å². The van der Waals surface area contributed by atoms with Crippen molar-refractivity contribution in [3.05, 3.63) is 35.4 Å². The molecule has 0 N–H and O–H groups in total. The van der Waals surface area contributed by atoms with Crippen molar-refractivity contribution in [3.63, 3.8) is 0 Å². The zero-order chi connectivity index (χ0) is 14.1. The predicted octanol–water partition coefficient (Wildman–Crippen LogP) is 3.10. The van der Waals surface area contributed by atoms with Crippen molar-refractivity contribution in [2.24, 2.45) is 5.41 Å². The molecule has 0 aliphatic heterocycles. The summed E-state index contributed by atoms with van der Waals surface area (Å²) in [6.07, 6.45) is -2.48. The molecule has 1 rings (SSSR count). The molecule has 0 fully saturated rings. The Labute approximate surface area is 103 Å². The molecule has 98 valence electrons. The Balaban J connectivity index is 3.09. The molecule has 0 aromatic heterocycles. The zero-order valence-corrected chi connectivity index (χ0v) is 10.3. The van der Waals surface area contributed by atoms with Gasteiger partial charge >= 0.3 is 0 Å². The summed E-state index contributed by atoms with van der Waals surface area (Å²) < 4.78 is 39.9. The fourth-order valence-corrected chi connectivity index (χ4v) is 1.33. The molecule has 0 saturated heterocycles. The lowest BCUT2D eigenvalue weighted by atomic mass is 9.86. The first-order chi connectivity index (χ1) is 8.16. The first-order valence-electron chi connectivity index (χ1n) is 5.33. The van der Waals surface area contributed by atoms with Crippen LogP contribution in [-0.2, 0) is 4.79 Å². The van der Waals surface area contributed by atoms with Crippen LogP contribution in [-0.4, -0.2) is 17.7 Å². The van der Waals surface area contributed by atoms with E-state index in [1.54, 1.807) is 0 Å². The molecule has 1 aromatic rings. The lowest BCUT2D eigenvalue weighted by Crippen LogP contribution is -2.35. The highest BCUT2D eigenvalue weighted by molar-refractivity contribution is 6.14. The highest BCUT2D eigenvalue weighted by Crippen LogP contribution is 2.22. The minimum absolute atomic E-state index is 0.750. The van der Waals surface area contributed by atoms with Crippen LogP contribution in [0, 0.1) is 17.0 Å². The third-order valence-electron chi connectivity index (χ3n) is 2.42. The second kappa shape index (κ2) is 4.92. The average Bonchev–Trinajstić information content (AvgIpc) is 2.28. The fourth-order valence-electron chi connectivity index (χ4n) is 1.33. The lowest BCUT2D eigenvalue weighted by Gasteiger charge is -2.18. The number of rotatable bonds is 3. The van der Waals surface area contributed by atoms with Crippen molar-refractivity contribution >= 4 is 11.6 Å². The number of carbonyl (C=O) groups is 2. The van der Waals surface area contributed by atoms with E-state index in [0.717, 1.165) is 18.2 Å². The first kappa shape index (κ1) is 14.4. The minimum Gasteiger partial charge on any atom is -0.295 e. The Hall–Kier alpha value is -1.65. The molecule has 0 amide bonds. The zero-order valence-electron chi connectivity index (χ0n) is 10.3. The molecular weight excluding hydrogens is 245 g/mol. The summed E-state index contributed by atoms with van der Waals surface area (Å²) in [7, 11) is 0. The standard InChI is InChI=1S/C13H13F3O2/c1-13(2,3)12(18)10(16)11(17)7-5-4-6-8(14)9(7)15/h4-6,10H,1-3H3. The normalized spacial score (nSPS) is 13.2. The molecule has 0 radical (unpaired) electrons. The smallest absolute Gasteiger partial charge is 0.221 e. The van der Waals surface area contributed by atoms with Gasteiger partial charge in [-0.3, -0.25) is 9.59 Å². The molecule has 0 heterocycles. The summed E-state index contributed by atoms with van der Waals surface area (Å²) in [5.74, 6) is -5.01. The molecule has 0 aliphatic carbocycles. The van der Waals surface area contributed by atoms with Gasteiger partial charge in [0.25, 0.3) is 0 Å². The molecule has 1 aromatic carbocycles. The maximum absolute atomic E-state index is 13.7. The Kier molecular flexibility index (Phi) is 3.94. The second-order valence-electron chi connectivity index (χ2n) is 4.94. The average molecular weight is 258 g/mol. The molecule has 0 bridgehead atoms. The number of benzene rings is 1. The first-order valence-corrected chi connectivity index (χ1v) is 5.33. The molecular formula is C13H13F3O2. The highest BCUT2D eigenvalue weighted by Gasteiger charge is 2.36.